The lowest BCUT2D eigenvalue weighted by molar-refractivity contribution is -0.121. The second kappa shape index (κ2) is 9.03. The smallest absolute Gasteiger partial charge is 0.220 e. The highest BCUT2D eigenvalue weighted by atomic mass is 19.1. The van der Waals surface area contributed by atoms with Crippen molar-refractivity contribution in [3.05, 3.63) is 59.4 Å². The van der Waals surface area contributed by atoms with Gasteiger partial charge in [0.2, 0.25) is 5.91 Å². The summed E-state index contributed by atoms with van der Waals surface area (Å²) in [6, 6.07) is 11.1. The maximum atomic E-state index is 13.1. The number of ether oxygens (including phenoxy) is 2. The van der Waals surface area contributed by atoms with Crippen LogP contribution in [0.5, 0.6) is 11.5 Å². The summed E-state index contributed by atoms with van der Waals surface area (Å²) in [7, 11) is 3.14. The summed E-state index contributed by atoms with van der Waals surface area (Å²) >= 11 is 0. The number of hydrogen-bond acceptors (Lipinski definition) is 4. The van der Waals surface area contributed by atoms with Crippen LogP contribution in [-0.4, -0.2) is 31.8 Å². The van der Waals surface area contributed by atoms with E-state index in [-0.39, 0.29) is 18.9 Å². The Morgan fingerprint density at radius 1 is 1.16 bits per heavy atom. The average Bonchev–Trinajstić information content (AvgIpc) is 2.63. The van der Waals surface area contributed by atoms with Gasteiger partial charge < -0.3 is 19.9 Å². The molecule has 1 amide bonds. The Morgan fingerprint density at radius 3 is 2.44 bits per heavy atom. The fourth-order valence-corrected chi connectivity index (χ4v) is 2.40. The summed E-state index contributed by atoms with van der Waals surface area (Å²) < 4.78 is 23.5. The van der Waals surface area contributed by atoms with E-state index in [0.29, 0.717) is 23.5 Å². The van der Waals surface area contributed by atoms with Crippen molar-refractivity contribution < 1.29 is 23.8 Å². The molecule has 2 aromatic rings. The lowest BCUT2D eigenvalue weighted by Crippen LogP contribution is -2.28. The van der Waals surface area contributed by atoms with Crippen LogP contribution in [0.2, 0.25) is 0 Å². The number of hydrogen-bond donors (Lipinski definition) is 2. The molecule has 0 aliphatic carbocycles. The van der Waals surface area contributed by atoms with Gasteiger partial charge in [0.1, 0.15) is 17.3 Å². The average molecular weight is 347 g/mol. The number of aliphatic hydroxyl groups is 1. The molecule has 5 nitrogen and oxygen atoms in total. The summed E-state index contributed by atoms with van der Waals surface area (Å²) in [4.78, 5) is 12.0. The SMILES string of the molecule is COc1cc(CCC(=O)NCC(O)c2cccc(F)c2)cc(OC)c1. The quantitative estimate of drug-likeness (QED) is 0.770. The molecule has 0 bridgehead atoms. The maximum Gasteiger partial charge on any atom is 0.220 e. The highest BCUT2D eigenvalue weighted by Crippen LogP contribution is 2.23. The molecule has 2 aromatic carbocycles. The second-order valence-electron chi connectivity index (χ2n) is 5.60. The molecule has 0 saturated carbocycles. The third kappa shape index (κ3) is 5.76. The van der Waals surface area contributed by atoms with Crippen LogP contribution in [0, 0.1) is 5.82 Å². The number of aliphatic hydroxyl groups excluding tert-OH is 1. The first-order valence-corrected chi connectivity index (χ1v) is 7.94. The molecule has 0 radical (unpaired) electrons. The molecule has 0 fully saturated rings. The van der Waals surface area contributed by atoms with Crippen molar-refractivity contribution in [3.8, 4) is 11.5 Å². The van der Waals surface area contributed by atoms with Gasteiger partial charge in [-0.15, -0.1) is 0 Å². The lowest BCUT2D eigenvalue weighted by atomic mass is 10.1. The summed E-state index contributed by atoms with van der Waals surface area (Å²) in [5, 5.41) is 12.7. The Labute approximate surface area is 146 Å². The number of carbonyl (C=O) groups excluding carboxylic acids is 1. The minimum atomic E-state index is -0.948. The van der Waals surface area contributed by atoms with E-state index < -0.39 is 11.9 Å². The Morgan fingerprint density at radius 2 is 1.84 bits per heavy atom. The number of nitrogens with one attached hydrogen (secondary N) is 1. The molecule has 1 unspecified atom stereocenters. The molecule has 6 heteroatoms. The first-order valence-electron chi connectivity index (χ1n) is 7.94. The van der Waals surface area contributed by atoms with Crippen LogP contribution in [0.1, 0.15) is 23.7 Å². The van der Waals surface area contributed by atoms with Crippen molar-refractivity contribution in [3.63, 3.8) is 0 Å². The molecule has 0 saturated heterocycles. The number of methoxy groups -OCH3 is 2. The molecule has 1 atom stereocenters. The van der Waals surface area contributed by atoms with E-state index in [9.17, 15) is 14.3 Å². The van der Waals surface area contributed by atoms with E-state index >= 15 is 0 Å². The van der Waals surface area contributed by atoms with Crippen molar-refractivity contribution in [2.75, 3.05) is 20.8 Å². The normalized spacial score (nSPS) is 11.7. The summed E-state index contributed by atoms with van der Waals surface area (Å²) in [5.74, 6) is 0.708. The van der Waals surface area contributed by atoms with Crippen LogP contribution in [0.3, 0.4) is 0 Å². The van der Waals surface area contributed by atoms with E-state index in [2.05, 4.69) is 5.32 Å². The van der Waals surface area contributed by atoms with Gasteiger partial charge >= 0.3 is 0 Å². The van der Waals surface area contributed by atoms with Gasteiger partial charge in [0.15, 0.2) is 0 Å². The van der Waals surface area contributed by atoms with Gasteiger partial charge in [-0.25, -0.2) is 4.39 Å². The van der Waals surface area contributed by atoms with Crippen LogP contribution in [0.4, 0.5) is 4.39 Å². The zero-order valence-electron chi connectivity index (χ0n) is 14.3. The number of aryl methyl sites for hydroxylation is 1. The second-order valence-corrected chi connectivity index (χ2v) is 5.60. The number of benzene rings is 2. The van der Waals surface area contributed by atoms with Gasteiger partial charge in [0.05, 0.1) is 20.3 Å². The Kier molecular flexibility index (Phi) is 6.77. The molecule has 2 rings (SSSR count). The van der Waals surface area contributed by atoms with Crippen LogP contribution in [-0.2, 0) is 11.2 Å². The summed E-state index contributed by atoms with van der Waals surface area (Å²) in [6.07, 6.45) is -0.182. The highest BCUT2D eigenvalue weighted by molar-refractivity contribution is 5.76. The van der Waals surface area contributed by atoms with Crippen LogP contribution < -0.4 is 14.8 Å². The third-order valence-electron chi connectivity index (χ3n) is 3.78. The third-order valence-corrected chi connectivity index (χ3v) is 3.78. The number of carbonyl (C=O) groups is 1. The van der Waals surface area contributed by atoms with E-state index in [1.165, 1.54) is 18.2 Å². The van der Waals surface area contributed by atoms with Crippen LogP contribution in [0.25, 0.3) is 0 Å². The van der Waals surface area contributed by atoms with Gasteiger partial charge in [-0.1, -0.05) is 12.1 Å². The Bertz CT molecular complexity index is 698. The van der Waals surface area contributed by atoms with Gasteiger partial charge in [-0.2, -0.15) is 0 Å². The van der Waals surface area contributed by atoms with Crippen molar-refractivity contribution in [1.82, 2.24) is 5.32 Å². The van der Waals surface area contributed by atoms with Crippen molar-refractivity contribution >= 4 is 5.91 Å². The zero-order valence-corrected chi connectivity index (χ0v) is 14.3. The molecule has 134 valence electrons. The lowest BCUT2D eigenvalue weighted by Gasteiger charge is -2.13. The minimum absolute atomic E-state index is 0.0315. The van der Waals surface area contributed by atoms with Crippen LogP contribution >= 0.6 is 0 Å². The van der Waals surface area contributed by atoms with E-state index in [1.807, 2.05) is 12.1 Å². The minimum Gasteiger partial charge on any atom is -0.497 e. The molecule has 0 aliphatic heterocycles. The number of amides is 1. The fraction of sp³-hybridized carbons (Fsp3) is 0.316. The van der Waals surface area contributed by atoms with Gasteiger partial charge in [-0.3, -0.25) is 4.79 Å². The van der Waals surface area contributed by atoms with Gasteiger partial charge in [0, 0.05) is 19.0 Å². The van der Waals surface area contributed by atoms with Crippen molar-refractivity contribution in [2.24, 2.45) is 0 Å². The predicted octanol–water partition coefficient (Wildman–Crippen LogP) is 2.63. The van der Waals surface area contributed by atoms with Crippen LogP contribution in [0.15, 0.2) is 42.5 Å². The van der Waals surface area contributed by atoms with Crippen molar-refractivity contribution in [2.45, 2.75) is 18.9 Å². The summed E-state index contributed by atoms with van der Waals surface area (Å²) in [6.45, 7) is 0.0315. The molecular formula is C19H22FNO4. The Hall–Kier alpha value is -2.60. The Balaban J connectivity index is 1.84. The molecule has 25 heavy (non-hydrogen) atoms. The number of rotatable bonds is 8. The fourth-order valence-electron chi connectivity index (χ4n) is 2.40. The van der Waals surface area contributed by atoms with E-state index in [4.69, 9.17) is 9.47 Å². The van der Waals surface area contributed by atoms with Crippen molar-refractivity contribution in [1.29, 1.82) is 0 Å². The molecule has 0 spiro atoms. The standard InChI is InChI=1S/C19H22FNO4/c1-24-16-8-13(9-17(11-16)25-2)6-7-19(23)21-12-18(22)14-4-3-5-15(20)10-14/h3-5,8-11,18,22H,6-7,12H2,1-2H3,(H,21,23). The topological polar surface area (TPSA) is 67.8 Å². The molecular weight excluding hydrogens is 325 g/mol. The van der Waals surface area contributed by atoms with Gasteiger partial charge in [0.25, 0.3) is 0 Å². The molecule has 0 heterocycles. The highest BCUT2D eigenvalue weighted by Gasteiger charge is 2.11. The molecule has 0 aromatic heterocycles. The molecule has 0 aliphatic rings. The first-order chi connectivity index (χ1) is 12.0. The first kappa shape index (κ1) is 18.7. The predicted molar refractivity (Wildman–Crippen MR) is 92.2 cm³/mol. The molecule has 2 N–H and O–H groups in total. The largest absolute Gasteiger partial charge is 0.497 e. The van der Waals surface area contributed by atoms with E-state index in [1.54, 1.807) is 26.4 Å². The maximum absolute atomic E-state index is 13.1. The number of halogens is 1. The monoisotopic (exact) mass is 347 g/mol. The van der Waals surface area contributed by atoms with E-state index in [0.717, 1.165) is 5.56 Å². The zero-order chi connectivity index (χ0) is 18.2. The van der Waals surface area contributed by atoms with Gasteiger partial charge in [-0.05, 0) is 41.8 Å². The summed E-state index contributed by atoms with van der Waals surface area (Å²) in [5.41, 5.74) is 1.34.